The fraction of sp³-hybridized carbons (Fsp3) is 0.500. The summed E-state index contributed by atoms with van der Waals surface area (Å²) in [4.78, 5) is 54.1. The number of nitrogens with two attached hydrogens (primary N) is 2. The number of carbonyl (C=O) groups is 4. The molecule has 8 N–H and O–H groups in total. The van der Waals surface area contributed by atoms with Gasteiger partial charge >= 0.3 is 6.09 Å². The second kappa shape index (κ2) is 13.9. The summed E-state index contributed by atoms with van der Waals surface area (Å²) in [6, 6.07) is 5.55. The molecule has 1 aliphatic heterocycles. The van der Waals surface area contributed by atoms with Crippen molar-refractivity contribution in [3.63, 3.8) is 0 Å². The molecule has 0 spiro atoms. The van der Waals surface area contributed by atoms with Crippen LogP contribution in [0.15, 0.2) is 35.3 Å². The molecular formula is C22H32N6O7. The van der Waals surface area contributed by atoms with Gasteiger partial charge in [0.2, 0.25) is 11.8 Å². The smallest absolute Gasteiger partial charge is 0.408 e. The summed E-state index contributed by atoms with van der Waals surface area (Å²) in [7, 11) is 0. The fourth-order valence-corrected chi connectivity index (χ4v) is 3.57. The van der Waals surface area contributed by atoms with E-state index >= 15 is 0 Å². The van der Waals surface area contributed by atoms with Crippen molar-refractivity contribution in [1.82, 2.24) is 15.5 Å². The molecular weight excluding hydrogens is 460 g/mol. The Kier molecular flexibility index (Phi) is 10.9. The molecule has 0 saturated carbocycles. The highest BCUT2D eigenvalue weighted by Gasteiger charge is 2.41. The minimum Gasteiger partial charge on any atom is -0.445 e. The topological polar surface area (TPSA) is 210 Å². The molecule has 0 aromatic heterocycles. The zero-order chi connectivity index (χ0) is 25.8. The first kappa shape index (κ1) is 27.5. The summed E-state index contributed by atoms with van der Waals surface area (Å²) < 4.78 is 5.07. The van der Waals surface area contributed by atoms with Gasteiger partial charge in [-0.25, -0.2) is 4.79 Å². The molecule has 35 heavy (non-hydrogen) atoms. The minimum absolute atomic E-state index is 0.0389. The van der Waals surface area contributed by atoms with Crippen LogP contribution in [0.2, 0.25) is 0 Å². The number of aliphatic hydroxyl groups excluding tert-OH is 2. The van der Waals surface area contributed by atoms with Crippen LogP contribution in [0.25, 0.3) is 0 Å². The Morgan fingerprint density at radius 2 is 1.94 bits per heavy atom. The summed E-state index contributed by atoms with van der Waals surface area (Å²) in [5, 5.41) is 24.6. The van der Waals surface area contributed by atoms with Crippen molar-refractivity contribution in [3.8, 4) is 0 Å². The highest BCUT2D eigenvalue weighted by molar-refractivity contribution is 5.92. The first-order valence-electron chi connectivity index (χ1n) is 11.1. The number of rotatable bonds is 12. The molecule has 1 heterocycles. The lowest BCUT2D eigenvalue weighted by atomic mass is 10.1. The number of hydrogen-bond acceptors (Lipinski definition) is 8. The van der Waals surface area contributed by atoms with E-state index in [4.69, 9.17) is 16.2 Å². The quantitative estimate of drug-likeness (QED) is 0.0821. The van der Waals surface area contributed by atoms with Crippen molar-refractivity contribution in [2.45, 2.75) is 50.1 Å². The van der Waals surface area contributed by atoms with Crippen LogP contribution in [0.1, 0.15) is 24.8 Å². The lowest BCUT2D eigenvalue weighted by Crippen LogP contribution is -2.55. The average Bonchev–Trinajstić information content (AvgIpc) is 3.24. The maximum atomic E-state index is 13.0. The predicted octanol–water partition coefficient (Wildman–Crippen LogP) is -2.03. The number of β-amino-alcohol motifs (C(OH)–C–C–N with tert-alkyl or cyclic N) is 1. The van der Waals surface area contributed by atoms with Gasteiger partial charge in [-0.2, -0.15) is 0 Å². The molecule has 1 aliphatic rings. The van der Waals surface area contributed by atoms with E-state index in [1.165, 1.54) is 0 Å². The summed E-state index contributed by atoms with van der Waals surface area (Å²) in [6.45, 7) is -0.686. The van der Waals surface area contributed by atoms with Crippen molar-refractivity contribution >= 4 is 30.2 Å². The maximum Gasteiger partial charge on any atom is 0.408 e. The zero-order valence-corrected chi connectivity index (χ0v) is 19.2. The molecule has 0 bridgehead atoms. The number of aldehydes is 1. The average molecular weight is 493 g/mol. The van der Waals surface area contributed by atoms with Gasteiger partial charge in [0, 0.05) is 19.5 Å². The summed E-state index contributed by atoms with van der Waals surface area (Å²) in [5.74, 6) is -1.49. The van der Waals surface area contributed by atoms with Crippen molar-refractivity contribution < 1.29 is 34.1 Å². The molecule has 0 aliphatic carbocycles. The number of nitrogens with one attached hydrogen (secondary N) is 2. The fourth-order valence-electron chi connectivity index (χ4n) is 3.57. The normalized spacial score (nSPS) is 18.7. The molecule has 0 radical (unpaired) electrons. The number of aliphatic hydroxyl groups is 2. The Labute approximate surface area is 202 Å². The molecule has 4 atom stereocenters. The molecule has 2 rings (SSSR count). The molecule has 13 heteroatoms. The zero-order valence-electron chi connectivity index (χ0n) is 19.2. The van der Waals surface area contributed by atoms with E-state index < -0.39 is 48.7 Å². The predicted molar refractivity (Wildman–Crippen MR) is 125 cm³/mol. The second-order valence-electron chi connectivity index (χ2n) is 8.04. The van der Waals surface area contributed by atoms with Gasteiger partial charge in [0.25, 0.3) is 0 Å². The molecule has 13 nitrogen and oxygen atoms in total. The Hall–Kier alpha value is -3.71. The lowest BCUT2D eigenvalue weighted by molar-refractivity contribution is -0.141. The number of alkyl carbamates (subject to hydrolysis) is 1. The number of nitrogens with zero attached hydrogens (tertiary/aromatic N) is 2. The first-order chi connectivity index (χ1) is 16.7. The number of carbonyl (C=O) groups excluding carboxylic acids is 4. The van der Waals surface area contributed by atoms with Crippen molar-refractivity contribution in [2.75, 3.05) is 19.7 Å². The minimum atomic E-state index is -1.39. The van der Waals surface area contributed by atoms with Crippen LogP contribution in [0.3, 0.4) is 0 Å². The number of aliphatic imine (C=N–C) groups is 1. The largest absolute Gasteiger partial charge is 0.445 e. The highest BCUT2D eigenvalue weighted by Crippen LogP contribution is 2.20. The number of hydrogen-bond donors (Lipinski definition) is 6. The van der Waals surface area contributed by atoms with Gasteiger partial charge in [-0.1, -0.05) is 30.3 Å². The first-order valence-corrected chi connectivity index (χ1v) is 11.1. The number of amides is 3. The Morgan fingerprint density at radius 1 is 1.23 bits per heavy atom. The van der Waals surface area contributed by atoms with E-state index in [9.17, 15) is 29.4 Å². The van der Waals surface area contributed by atoms with E-state index in [0.29, 0.717) is 12.7 Å². The molecule has 1 aromatic rings. The molecule has 192 valence electrons. The van der Waals surface area contributed by atoms with Gasteiger partial charge in [0.05, 0.1) is 18.8 Å². The Bertz CT molecular complexity index is 894. The van der Waals surface area contributed by atoms with Crippen LogP contribution in [-0.4, -0.2) is 89.2 Å². The van der Waals surface area contributed by atoms with Gasteiger partial charge in [0.1, 0.15) is 25.0 Å². The number of guanidine groups is 1. The van der Waals surface area contributed by atoms with E-state index in [2.05, 4.69) is 15.6 Å². The van der Waals surface area contributed by atoms with Crippen LogP contribution >= 0.6 is 0 Å². The van der Waals surface area contributed by atoms with E-state index in [0.717, 1.165) is 10.5 Å². The Balaban J connectivity index is 1.95. The third-order valence-corrected chi connectivity index (χ3v) is 5.31. The highest BCUT2D eigenvalue weighted by atomic mass is 16.5. The second-order valence-corrected chi connectivity index (χ2v) is 8.04. The van der Waals surface area contributed by atoms with Gasteiger partial charge in [-0.05, 0) is 18.4 Å². The summed E-state index contributed by atoms with van der Waals surface area (Å²) >= 11 is 0. The molecule has 1 fully saturated rings. The van der Waals surface area contributed by atoms with E-state index in [1.54, 1.807) is 24.3 Å². The lowest BCUT2D eigenvalue weighted by Gasteiger charge is -2.28. The van der Waals surface area contributed by atoms with Gasteiger partial charge in [-0.3, -0.25) is 14.6 Å². The third kappa shape index (κ3) is 8.87. The van der Waals surface area contributed by atoms with E-state index in [-0.39, 0.29) is 38.5 Å². The van der Waals surface area contributed by atoms with Gasteiger partial charge in [-0.15, -0.1) is 0 Å². The number of benzene rings is 1. The SMILES string of the molecule is NC(N)=NCCCC(C=O)NC(=O)C1CC(O)CN1C(=O)C(CO)NC(=O)OCc1ccccc1. The maximum absolute atomic E-state index is 13.0. The monoisotopic (exact) mass is 492 g/mol. The van der Waals surface area contributed by atoms with Crippen LogP contribution in [0.4, 0.5) is 4.79 Å². The van der Waals surface area contributed by atoms with Crippen molar-refractivity contribution in [3.05, 3.63) is 35.9 Å². The van der Waals surface area contributed by atoms with Gasteiger partial charge in [0.15, 0.2) is 5.96 Å². The van der Waals surface area contributed by atoms with E-state index in [1.807, 2.05) is 6.07 Å². The molecule has 1 saturated heterocycles. The van der Waals surface area contributed by atoms with Crippen molar-refractivity contribution in [2.24, 2.45) is 16.5 Å². The Morgan fingerprint density at radius 3 is 2.57 bits per heavy atom. The summed E-state index contributed by atoms with van der Waals surface area (Å²) in [5.41, 5.74) is 11.2. The third-order valence-electron chi connectivity index (χ3n) is 5.31. The molecule has 3 amide bonds. The van der Waals surface area contributed by atoms with Crippen LogP contribution in [0, 0.1) is 0 Å². The number of ether oxygens (including phenoxy) is 1. The molecule has 1 aromatic carbocycles. The van der Waals surface area contributed by atoms with Crippen LogP contribution in [0.5, 0.6) is 0 Å². The van der Waals surface area contributed by atoms with Gasteiger partial charge < -0.3 is 46.7 Å². The van der Waals surface area contributed by atoms with Crippen LogP contribution < -0.4 is 22.1 Å². The standard InChI is InChI=1S/C22H32N6O7/c23-21(24)25-8-4-7-15(11-29)26-19(32)18-9-16(31)10-28(18)20(33)17(12-30)27-22(34)35-13-14-5-2-1-3-6-14/h1-3,5-6,11,15-18,30-31H,4,7-10,12-13H2,(H,26,32)(H,27,34)(H4,23,24,25). The number of likely N-dealkylation sites (tertiary alicyclic amines) is 1. The molecule has 4 unspecified atom stereocenters. The van der Waals surface area contributed by atoms with Crippen molar-refractivity contribution in [1.29, 1.82) is 0 Å². The summed E-state index contributed by atoms with van der Waals surface area (Å²) in [6.07, 6.45) is -0.721. The van der Waals surface area contributed by atoms with Crippen LogP contribution in [-0.2, 0) is 25.7 Å².